The van der Waals surface area contributed by atoms with Crippen molar-refractivity contribution in [1.29, 1.82) is 0 Å². The lowest BCUT2D eigenvalue weighted by molar-refractivity contribution is 0.223. The predicted molar refractivity (Wildman–Crippen MR) is 69.0 cm³/mol. The zero-order valence-corrected chi connectivity index (χ0v) is 10.8. The van der Waals surface area contributed by atoms with Crippen LogP contribution in [0.3, 0.4) is 0 Å². The molecule has 0 bridgehead atoms. The van der Waals surface area contributed by atoms with Crippen molar-refractivity contribution in [3.05, 3.63) is 0 Å². The van der Waals surface area contributed by atoms with Crippen LogP contribution in [-0.2, 0) is 0 Å². The minimum absolute atomic E-state index is 0.510. The number of nitrogens with zero attached hydrogens (tertiary/aromatic N) is 1. The molecule has 0 heterocycles. The summed E-state index contributed by atoms with van der Waals surface area (Å²) in [7, 11) is 0. The molecule has 0 aliphatic heterocycles. The summed E-state index contributed by atoms with van der Waals surface area (Å²) in [6, 6.07) is 0.510. The first-order chi connectivity index (χ1) is 7.69. The average Bonchev–Trinajstić information content (AvgIpc) is 2.30. The molecule has 0 aromatic carbocycles. The maximum atomic E-state index is 5.47. The zero-order chi connectivity index (χ0) is 12.0. The van der Waals surface area contributed by atoms with Gasteiger partial charge in [0.15, 0.2) is 0 Å². The first-order valence-electron chi connectivity index (χ1n) is 6.46. The summed E-state index contributed by atoms with van der Waals surface area (Å²) in [4.78, 5) is 4.38. The smallest absolute Gasteiger partial charge is 0.205 e. The highest BCUT2D eigenvalue weighted by atomic mass is 15.3. The Morgan fingerprint density at radius 3 is 2.75 bits per heavy atom. The second-order valence-corrected chi connectivity index (χ2v) is 4.89. The number of hydrogen-bond acceptors (Lipinski definition) is 2. The third-order valence-corrected chi connectivity index (χ3v) is 3.66. The van der Waals surface area contributed by atoms with Crippen LogP contribution in [0, 0.1) is 11.8 Å². The largest absolute Gasteiger partial charge is 0.352 e. The molecular formula is C12H26N4. The van der Waals surface area contributed by atoms with Crippen molar-refractivity contribution in [3.8, 4) is 0 Å². The quantitative estimate of drug-likeness (QED) is 0.297. The van der Waals surface area contributed by atoms with Crippen LogP contribution in [0.2, 0.25) is 0 Å². The van der Waals surface area contributed by atoms with Gasteiger partial charge < -0.3 is 5.32 Å². The Labute approximate surface area is 99.1 Å². The van der Waals surface area contributed by atoms with Crippen molar-refractivity contribution in [2.45, 2.75) is 52.5 Å². The van der Waals surface area contributed by atoms with Crippen molar-refractivity contribution in [2.75, 3.05) is 6.54 Å². The highest BCUT2D eigenvalue weighted by Gasteiger charge is 2.27. The number of aliphatic imine (C=N–C) groups is 1. The van der Waals surface area contributed by atoms with E-state index >= 15 is 0 Å². The van der Waals surface area contributed by atoms with Gasteiger partial charge in [0, 0.05) is 12.6 Å². The van der Waals surface area contributed by atoms with E-state index < -0.39 is 0 Å². The first kappa shape index (κ1) is 13.3. The summed E-state index contributed by atoms with van der Waals surface area (Å²) in [6.45, 7) is 7.58. The number of rotatable bonds is 3. The molecule has 1 rings (SSSR count). The number of nitrogens with two attached hydrogens (primary N) is 1. The Morgan fingerprint density at radius 2 is 2.12 bits per heavy atom. The molecule has 1 fully saturated rings. The number of hydrazine groups is 1. The first-order valence-corrected chi connectivity index (χ1v) is 6.46. The van der Waals surface area contributed by atoms with Crippen LogP contribution in [0.1, 0.15) is 46.5 Å². The normalized spacial score (nSPS) is 31.2. The van der Waals surface area contributed by atoms with Gasteiger partial charge in [-0.2, -0.15) is 0 Å². The van der Waals surface area contributed by atoms with Crippen LogP contribution >= 0.6 is 0 Å². The van der Waals surface area contributed by atoms with Gasteiger partial charge in [-0.1, -0.05) is 33.6 Å². The lowest BCUT2D eigenvalue weighted by Crippen LogP contribution is -2.50. The molecule has 3 unspecified atom stereocenters. The van der Waals surface area contributed by atoms with Crippen LogP contribution in [0.25, 0.3) is 0 Å². The molecule has 16 heavy (non-hydrogen) atoms. The van der Waals surface area contributed by atoms with Gasteiger partial charge in [0.1, 0.15) is 0 Å². The highest BCUT2D eigenvalue weighted by molar-refractivity contribution is 5.79. The fourth-order valence-electron chi connectivity index (χ4n) is 2.32. The van der Waals surface area contributed by atoms with E-state index in [9.17, 15) is 0 Å². The van der Waals surface area contributed by atoms with E-state index in [2.05, 4.69) is 36.5 Å². The van der Waals surface area contributed by atoms with E-state index in [4.69, 9.17) is 5.84 Å². The molecule has 1 saturated carbocycles. The van der Waals surface area contributed by atoms with E-state index in [0.717, 1.165) is 24.8 Å². The van der Waals surface area contributed by atoms with Gasteiger partial charge in [0.05, 0.1) is 0 Å². The monoisotopic (exact) mass is 226 g/mol. The third kappa shape index (κ3) is 3.67. The molecule has 0 spiro atoms. The lowest BCUT2D eigenvalue weighted by atomic mass is 9.78. The molecule has 94 valence electrons. The maximum Gasteiger partial charge on any atom is 0.205 e. The topological polar surface area (TPSA) is 62.4 Å². The SMILES string of the molecule is CCCN=C(NN)NC1CCCC(C)C1C. The van der Waals surface area contributed by atoms with Crippen molar-refractivity contribution in [3.63, 3.8) is 0 Å². The Balaban J connectivity index is 2.50. The van der Waals surface area contributed by atoms with Crippen molar-refractivity contribution in [2.24, 2.45) is 22.7 Å². The van der Waals surface area contributed by atoms with E-state index in [0.29, 0.717) is 12.0 Å². The maximum absolute atomic E-state index is 5.47. The molecule has 0 aromatic rings. The van der Waals surface area contributed by atoms with E-state index in [-0.39, 0.29) is 0 Å². The van der Waals surface area contributed by atoms with Gasteiger partial charge >= 0.3 is 0 Å². The molecule has 4 heteroatoms. The van der Waals surface area contributed by atoms with E-state index in [1.54, 1.807) is 0 Å². The van der Waals surface area contributed by atoms with Crippen LogP contribution in [0.5, 0.6) is 0 Å². The Hall–Kier alpha value is -0.770. The molecule has 3 atom stereocenters. The van der Waals surface area contributed by atoms with Gasteiger partial charge in [-0.05, 0) is 24.7 Å². The minimum atomic E-state index is 0.510. The van der Waals surface area contributed by atoms with Crippen LogP contribution in [0.4, 0.5) is 0 Å². The molecule has 1 aliphatic carbocycles. The summed E-state index contributed by atoms with van der Waals surface area (Å²) in [5.74, 6) is 7.69. The van der Waals surface area contributed by atoms with Gasteiger partial charge in [-0.25, -0.2) is 5.84 Å². The molecule has 0 radical (unpaired) electrons. The second-order valence-electron chi connectivity index (χ2n) is 4.89. The lowest BCUT2D eigenvalue weighted by Gasteiger charge is -2.35. The van der Waals surface area contributed by atoms with Gasteiger partial charge in [-0.15, -0.1) is 0 Å². The standard InChI is InChI=1S/C12H26N4/c1-4-8-14-12(16-13)15-11-7-5-6-9(2)10(11)3/h9-11H,4-8,13H2,1-3H3,(H2,14,15,16). The number of nitrogens with one attached hydrogen (secondary N) is 2. The van der Waals surface area contributed by atoms with Crippen molar-refractivity contribution in [1.82, 2.24) is 10.7 Å². The van der Waals surface area contributed by atoms with Crippen LogP contribution < -0.4 is 16.6 Å². The summed E-state index contributed by atoms with van der Waals surface area (Å²) in [5.41, 5.74) is 2.66. The fourth-order valence-corrected chi connectivity index (χ4v) is 2.32. The fraction of sp³-hybridized carbons (Fsp3) is 0.917. The van der Waals surface area contributed by atoms with E-state index in [1.165, 1.54) is 19.3 Å². The highest BCUT2D eigenvalue weighted by Crippen LogP contribution is 2.29. The van der Waals surface area contributed by atoms with Crippen LogP contribution in [0.15, 0.2) is 4.99 Å². The number of guanidine groups is 1. The Bertz CT molecular complexity index is 227. The zero-order valence-electron chi connectivity index (χ0n) is 10.8. The molecule has 4 nitrogen and oxygen atoms in total. The number of hydrogen-bond donors (Lipinski definition) is 3. The summed E-state index contributed by atoms with van der Waals surface area (Å²) in [6.07, 6.45) is 4.91. The van der Waals surface area contributed by atoms with E-state index in [1.807, 2.05) is 0 Å². The predicted octanol–water partition coefficient (Wildman–Crippen LogP) is 1.63. The molecule has 0 aromatic heterocycles. The Kier molecular flexibility index (Phi) is 5.60. The molecule has 0 saturated heterocycles. The van der Waals surface area contributed by atoms with Gasteiger partial charge in [-0.3, -0.25) is 10.4 Å². The van der Waals surface area contributed by atoms with Crippen molar-refractivity contribution >= 4 is 5.96 Å². The molecular weight excluding hydrogens is 200 g/mol. The Morgan fingerprint density at radius 1 is 1.38 bits per heavy atom. The second kappa shape index (κ2) is 6.74. The molecule has 1 aliphatic rings. The van der Waals surface area contributed by atoms with Crippen LogP contribution in [-0.4, -0.2) is 18.5 Å². The molecule has 0 amide bonds. The summed E-state index contributed by atoms with van der Waals surface area (Å²) >= 11 is 0. The summed E-state index contributed by atoms with van der Waals surface area (Å²) in [5, 5.41) is 3.43. The van der Waals surface area contributed by atoms with Gasteiger partial charge in [0.25, 0.3) is 0 Å². The van der Waals surface area contributed by atoms with Gasteiger partial charge in [0.2, 0.25) is 5.96 Å². The molecule has 4 N–H and O–H groups in total. The summed E-state index contributed by atoms with van der Waals surface area (Å²) < 4.78 is 0. The average molecular weight is 226 g/mol. The third-order valence-electron chi connectivity index (χ3n) is 3.66. The van der Waals surface area contributed by atoms with Crippen molar-refractivity contribution < 1.29 is 0 Å². The minimum Gasteiger partial charge on any atom is -0.352 e.